The molecule has 0 amide bonds. The van der Waals surface area contributed by atoms with E-state index in [1.807, 2.05) is 12.1 Å². The maximum Gasteiger partial charge on any atom is 0.196 e. The Morgan fingerprint density at radius 2 is 1.95 bits per heavy atom. The fourth-order valence-corrected chi connectivity index (χ4v) is 3.04. The van der Waals surface area contributed by atoms with Gasteiger partial charge in [-0.1, -0.05) is 24.3 Å². The van der Waals surface area contributed by atoms with Crippen molar-refractivity contribution in [3.63, 3.8) is 0 Å². The third-order valence-electron chi connectivity index (χ3n) is 3.01. The van der Waals surface area contributed by atoms with Crippen LogP contribution in [0.3, 0.4) is 0 Å². The van der Waals surface area contributed by atoms with E-state index >= 15 is 0 Å². The number of Topliss-reactive ketones (excluding diaryl/α,β-unsaturated/α-hetero) is 1. The van der Waals surface area contributed by atoms with Crippen LogP contribution in [0.2, 0.25) is 0 Å². The Kier molecular flexibility index (Phi) is 3.51. The third kappa shape index (κ3) is 2.21. The minimum atomic E-state index is -0.266. The summed E-state index contributed by atoms with van der Waals surface area (Å²) in [4.78, 5) is 15.8. The summed E-state index contributed by atoms with van der Waals surface area (Å²) in [5.74, 6) is -0.564. The van der Waals surface area contributed by atoms with E-state index in [1.54, 1.807) is 23.6 Å². The van der Waals surface area contributed by atoms with Gasteiger partial charge in [-0.15, -0.1) is 22.9 Å². The number of alkyl halides is 1. The van der Waals surface area contributed by atoms with Crippen molar-refractivity contribution in [2.24, 2.45) is 0 Å². The molecular weight excluding hydrogens is 297 g/mol. The molecule has 0 aliphatic carbocycles. The number of carbonyl (C=O) groups is 1. The smallest absolute Gasteiger partial charge is 0.196 e. The Bertz CT molecular complexity index is 799. The van der Waals surface area contributed by atoms with Crippen LogP contribution in [0.25, 0.3) is 21.3 Å². The highest BCUT2D eigenvalue weighted by molar-refractivity contribution is 7.13. The van der Waals surface area contributed by atoms with E-state index in [2.05, 4.69) is 4.98 Å². The van der Waals surface area contributed by atoms with Crippen molar-refractivity contribution < 1.29 is 9.18 Å². The van der Waals surface area contributed by atoms with Gasteiger partial charge >= 0.3 is 0 Å². The van der Waals surface area contributed by atoms with Gasteiger partial charge in [0.05, 0.1) is 5.88 Å². The molecule has 3 aromatic rings. The van der Waals surface area contributed by atoms with Gasteiger partial charge in [0, 0.05) is 16.3 Å². The molecule has 2 aromatic carbocycles. The highest BCUT2D eigenvalue weighted by Gasteiger charge is 2.13. The number of halogens is 2. The van der Waals surface area contributed by atoms with Crippen LogP contribution < -0.4 is 0 Å². The van der Waals surface area contributed by atoms with Gasteiger partial charge in [-0.3, -0.25) is 4.79 Å². The van der Waals surface area contributed by atoms with Gasteiger partial charge in [0.2, 0.25) is 0 Å². The van der Waals surface area contributed by atoms with Crippen LogP contribution in [-0.4, -0.2) is 16.6 Å². The number of hydrogen-bond donors (Lipinski definition) is 0. The largest absolute Gasteiger partial charge is 0.291 e. The summed E-state index contributed by atoms with van der Waals surface area (Å²) >= 11 is 6.88. The molecule has 20 heavy (non-hydrogen) atoms. The van der Waals surface area contributed by atoms with Crippen LogP contribution in [0.1, 0.15) is 10.5 Å². The van der Waals surface area contributed by atoms with Crippen molar-refractivity contribution in [1.82, 2.24) is 4.98 Å². The predicted molar refractivity (Wildman–Crippen MR) is 80.1 cm³/mol. The first-order valence-corrected chi connectivity index (χ1v) is 7.34. The lowest BCUT2D eigenvalue weighted by atomic mass is 10.0. The summed E-state index contributed by atoms with van der Waals surface area (Å²) in [6.45, 7) is 0. The summed E-state index contributed by atoms with van der Waals surface area (Å²) in [5.41, 5.74) is 1.18. The van der Waals surface area contributed by atoms with Crippen molar-refractivity contribution in [3.05, 3.63) is 53.3 Å². The van der Waals surface area contributed by atoms with Crippen LogP contribution in [0.15, 0.2) is 41.8 Å². The Hall–Kier alpha value is -1.78. The Balaban J connectivity index is 2.17. The summed E-state index contributed by atoms with van der Waals surface area (Å²) < 4.78 is 13.8. The Labute approximate surface area is 123 Å². The van der Waals surface area contributed by atoms with Crippen LogP contribution in [0.4, 0.5) is 4.39 Å². The highest BCUT2D eigenvalue weighted by atomic mass is 35.5. The molecule has 0 aliphatic heterocycles. The summed E-state index contributed by atoms with van der Waals surface area (Å²) in [6, 6.07) is 10.3. The van der Waals surface area contributed by atoms with Crippen LogP contribution in [0, 0.1) is 5.82 Å². The molecule has 0 saturated carbocycles. The summed E-state index contributed by atoms with van der Waals surface area (Å²) in [7, 11) is 0. The van der Waals surface area contributed by atoms with Crippen molar-refractivity contribution in [1.29, 1.82) is 0 Å². The summed E-state index contributed by atoms with van der Waals surface area (Å²) in [5, 5.41) is 3.70. The van der Waals surface area contributed by atoms with Gasteiger partial charge in [0.15, 0.2) is 5.78 Å². The van der Waals surface area contributed by atoms with E-state index in [1.165, 1.54) is 17.4 Å². The van der Waals surface area contributed by atoms with E-state index in [9.17, 15) is 9.18 Å². The second-order valence-electron chi connectivity index (χ2n) is 4.24. The molecule has 2 nitrogen and oxygen atoms in total. The molecule has 0 saturated heterocycles. The molecule has 5 heteroatoms. The number of ketones is 1. The Morgan fingerprint density at radius 1 is 1.20 bits per heavy atom. The quantitative estimate of drug-likeness (QED) is 0.526. The average molecular weight is 306 g/mol. The molecule has 100 valence electrons. The number of nitrogens with zero attached hydrogens (tertiary/aromatic N) is 1. The zero-order chi connectivity index (χ0) is 14.1. The predicted octanol–water partition coefficient (Wildman–Crippen LogP) is 4.52. The molecule has 0 unspecified atom stereocenters. The molecule has 1 aromatic heterocycles. The van der Waals surface area contributed by atoms with Gasteiger partial charge in [-0.2, -0.15) is 0 Å². The molecule has 0 bridgehead atoms. The first-order valence-electron chi connectivity index (χ1n) is 5.93. The minimum Gasteiger partial charge on any atom is -0.291 e. The molecule has 0 N–H and O–H groups in total. The summed E-state index contributed by atoms with van der Waals surface area (Å²) in [6.07, 6.45) is 0. The lowest BCUT2D eigenvalue weighted by molar-refractivity contribution is 0.101. The molecule has 1 heterocycles. The van der Waals surface area contributed by atoms with Crippen molar-refractivity contribution in [3.8, 4) is 10.6 Å². The molecule has 0 atom stereocenters. The van der Waals surface area contributed by atoms with E-state index in [0.717, 1.165) is 10.9 Å². The lowest BCUT2D eigenvalue weighted by Gasteiger charge is -2.04. The standard InChI is InChI=1S/C15H9ClFNOS/c16-7-14(19)13-8-20-15(18-13)11-5-6-12(17)10-4-2-1-3-9(10)11/h1-6,8H,7H2. The first kappa shape index (κ1) is 13.2. The molecular formula is C15H9ClFNOS. The number of hydrogen-bond acceptors (Lipinski definition) is 3. The van der Waals surface area contributed by atoms with Crippen LogP contribution in [0.5, 0.6) is 0 Å². The van der Waals surface area contributed by atoms with Gasteiger partial charge < -0.3 is 0 Å². The maximum absolute atomic E-state index is 13.8. The van der Waals surface area contributed by atoms with E-state index < -0.39 is 0 Å². The van der Waals surface area contributed by atoms with Gasteiger partial charge in [-0.05, 0) is 17.5 Å². The van der Waals surface area contributed by atoms with Gasteiger partial charge in [0.1, 0.15) is 16.5 Å². The van der Waals surface area contributed by atoms with Gasteiger partial charge in [0.25, 0.3) is 0 Å². The molecule has 3 rings (SSSR count). The number of fused-ring (bicyclic) bond motifs is 1. The van der Waals surface area contributed by atoms with Gasteiger partial charge in [-0.25, -0.2) is 9.37 Å². The monoisotopic (exact) mass is 305 g/mol. The molecule has 0 aliphatic rings. The maximum atomic E-state index is 13.8. The third-order valence-corrected chi connectivity index (χ3v) is 4.13. The normalized spacial score (nSPS) is 10.9. The minimum absolute atomic E-state index is 0.0899. The zero-order valence-electron chi connectivity index (χ0n) is 10.3. The fraction of sp³-hybridized carbons (Fsp3) is 0.0667. The lowest BCUT2D eigenvalue weighted by Crippen LogP contribution is -2.00. The number of thiazole rings is 1. The molecule has 0 radical (unpaired) electrons. The second kappa shape index (κ2) is 5.31. The fourth-order valence-electron chi connectivity index (χ4n) is 2.04. The van der Waals surface area contributed by atoms with Crippen LogP contribution >= 0.6 is 22.9 Å². The van der Waals surface area contributed by atoms with Crippen molar-refractivity contribution in [2.45, 2.75) is 0 Å². The van der Waals surface area contributed by atoms with E-state index in [4.69, 9.17) is 11.6 Å². The SMILES string of the molecule is O=C(CCl)c1csc(-c2ccc(F)c3ccccc23)n1. The van der Waals surface area contributed by atoms with E-state index in [-0.39, 0.29) is 17.5 Å². The first-order chi connectivity index (χ1) is 9.70. The number of aromatic nitrogens is 1. The van der Waals surface area contributed by atoms with Crippen molar-refractivity contribution >= 4 is 39.5 Å². The molecule has 0 fully saturated rings. The topological polar surface area (TPSA) is 30.0 Å². The van der Waals surface area contributed by atoms with Crippen molar-refractivity contribution in [2.75, 3.05) is 5.88 Å². The number of benzene rings is 2. The number of carbonyl (C=O) groups excluding carboxylic acids is 1. The molecule has 0 spiro atoms. The highest BCUT2D eigenvalue weighted by Crippen LogP contribution is 2.32. The van der Waals surface area contributed by atoms with Crippen LogP contribution in [-0.2, 0) is 0 Å². The zero-order valence-corrected chi connectivity index (χ0v) is 11.8. The number of rotatable bonds is 3. The van der Waals surface area contributed by atoms with E-state index in [0.29, 0.717) is 16.1 Å². The Morgan fingerprint density at radius 3 is 2.70 bits per heavy atom. The average Bonchev–Trinajstić information content (AvgIpc) is 2.97. The second-order valence-corrected chi connectivity index (χ2v) is 5.36.